The van der Waals surface area contributed by atoms with Crippen molar-refractivity contribution in [3.8, 4) is 0 Å². The van der Waals surface area contributed by atoms with Gasteiger partial charge >= 0.3 is 0 Å². The number of hydrogen-bond acceptors (Lipinski definition) is 7. The lowest BCUT2D eigenvalue weighted by atomic mass is 10.0. The molecule has 3 aliphatic heterocycles. The van der Waals surface area contributed by atoms with Crippen molar-refractivity contribution in [2.45, 2.75) is 19.0 Å². The van der Waals surface area contributed by atoms with E-state index in [2.05, 4.69) is 10.3 Å². The molecule has 3 N–H and O–H groups in total. The smallest absolute Gasteiger partial charge is 0.282 e. The quantitative estimate of drug-likeness (QED) is 0.801. The molecule has 1 unspecified atom stereocenters. The van der Waals surface area contributed by atoms with Crippen LogP contribution in [0.5, 0.6) is 0 Å². The number of ether oxygens (including phenoxy) is 1. The number of carbonyl (C=O) groups is 1. The topological polar surface area (TPSA) is 95.5 Å². The second-order valence-electron chi connectivity index (χ2n) is 6.30. The molecular formula is C17H22N6O2. The molecule has 0 saturated carbocycles. The first-order valence-corrected chi connectivity index (χ1v) is 8.62. The van der Waals surface area contributed by atoms with Crippen LogP contribution in [0.25, 0.3) is 0 Å². The zero-order chi connectivity index (χ0) is 17.4. The van der Waals surface area contributed by atoms with Crippen LogP contribution >= 0.6 is 0 Å². The van der Waals surface area contributed by atoms with Gasteiger partial charge in [-0.3, -0.25) is 10.1 Å². The third-order valence-electron chi connectivity index (χ3n) is 4.66. The summed E-state index contributed by atoms with van der Waals surface area (Å²) in [5, 5.41) is 3.01. The van der Waals surface area contributed by atoms with Crippen molar-refractivity contribution < 1.29 is 9.53 Å². The first-order chi connectivity index (χ1) is 12.2. The Morgan fingerprint density at radius 1 is 1.28 bits per heavy atom. The van der Waals surface area contributed by atoms with Gasteiger partial charge in [0.05, 0.1) is 18.9 Å². The fraction of sp³-hybridized carbons (Fsp3) is 0.471. The number of nitrogens with one attached hydrogen (secondary N) is 1. The molecule has 0 radical (unpaired) electrons. The van der Waals surface area contributed by atoms with Gasteiger partial charge in [0.25, 0.3) is 11.6 Å². The molecule has 3 heterocycles. The maximum absolute atomic E-state index is 13.3. The minimum absolute atomic E-state index is 0.147. The first-order valence-electron chi connectivity index (χ1n) is 8.62. The van der Waals surface area contributed by atoms with Crippen LogP contribution in [-0.4, -0.2) is 55.6 Å². The molecule has 8 nitrogen and oxygen atoms in total. The molecule has 25 heavy (non-hydrogen) atoms. The van der Waals surface area contributed by atoms with Crippen LogP contribution in [0.15, 0.2) is 34.3 Å². The molecule has 1 atom stereocenters. The highest BCUT2D eigenvalue weighted by Gasteiger charge is 2.53. The lowest BCUT2D eigenvalue weighted by molar-refractivity contribution is -0.122. The summed E-state index contributed by atoms with van der Waals surface area (Å²) >= 11 is 0. The number of hydrogen-bond donors (Lipinski definition) is 2. The number of anilines is 1. The normalized spacial score (nSPS) is 25.6. The number of para-hydroxylation sites is 1. The van der Waals surface area contributed by atoms with Crippen molar-refractivity contribution in [1.29, 1.82) is 0 Å². The summed E-state index contributed by atoms with van der Waals surface area (Å²) < 4.78 is 5.40. The molecule has 1 aromatic carbocycles. The summed E-state index contributed by atoms with van der Waals surface area (Å²) in [4.78, 5) is 26.3. The van der Waals surface area contributed by atoms with E-state index in [1.807, 2.05) is 36.1 Å². The van der Waals surface area contributed by atoms with Gasteiger partial charge in [-0.15, -0.1) is 0 Å². The van der Waals surface area contributed by atoms with E-state index in [1.54, 1.807) is 4.90 Å². The summed E-state index contributed by atoms with van der Waals surface area (Å²) in [6.45, 7) is 5.31. The van der Waals surface area contributed by atoms with Gasteiger partial charge in [-0.05, 0) is 12.5 Å². The average molecular weight is 342 g/mol. The van der Waals surface area contributed by atoms with Gasteiger partial charge in [0.2, 0.25) is 5.96 Å². The summed E-state index contributed by atoms with van der Waals surface area (Å²) in [5.41, 5.74) is 6.37. The SMILES string of the molecule is CCCN1C(=O)C2(N=C(N)NC(N3CCOCC3)=N2)c2ccccc21. The maximum Gasteiger partial charge on any atom is 0.282 e. The molecule has 0 aliphatic carbocycles. The van der Waals surface area contributed by atoms with Gasteiger partial charge in [-0.1, -0.05) is 25.1 Å². The summed E-state index contributed by atoms with van der Waals surface area (Å²) in [6, 6.07) is 7.68. The molecule has 1 spiro atoms. The Morgan fingerprint density at radius 3 is 2.80 bits per heavy atom. The summed E-state index contributed by atoms with van der Waals surface area (Å²) in [5.74, 6) is 0.640. The molecule has 8 heteroatoms. The second-order valence-corrected chi connectivity index (χ2v) is 6.30. The van der Waals surface area contributed by atoms with Crippen LogP contribution in [-0.2, 0) is 15.2 Å². The summed E-state index contributed by atoms with van der Waals surface area (Å²) in [6.07, 6.45) is 0.855. The number of fused-ring (bicyclic) bond motifs is 2. The highest BCUT2D eigenvalue weighted by atomic mass is 16.5. The fourth-order valence-corrected chi connectivity index (χ4v) is 3.53. The van der Waals surface area contributed by atoms with E-state index in [-0.39, 0.29) is 11.9 Å². The van der Waals surface area contributed by atoms with E-state index >= 15 is 0 Å². The number of nitrogens with two attached hydrogens (primary N) is 1. The molecule has 0 bridgehead atoms. The van der Waals surface area contributed by atoms with Crippen molar-refractivity contribution in [3.05, 3.63) is 29.8 Å². The van der Waals surface area contributed by atoms with Gasteiger partial charge < -0.3 is 20.3 Å². The Morgan fingerprint density at radius 2 is 2.04 bits per heavy atom. The molecule has 4 rings (SSSR count). The summed E-state index contributed by atoms with van der Waals surface area (Å²) in [7, 11) is 0. The Hall–Kier alpha value is -2.61. The minimum atomic E-state index is -1.32. The van der Waals surface area contributed by atoms with E-state index in [1.165, 1.54) is 0 Å². The zero-order valence-electron chi connectivity index (χ0n) is 14.2. The zero-order valence-corrected chi connectivity index (χ0v) is 14.2. The largest absolute Gasteiger partial charge is 0.378 e. The third kappa shape index (κ3) is 2.44. The van der Waals surface area contributed by atoms with Gasteiger partial charge in [-0.2, -0.15) is 0 Å². The van der Waals surface area contributed by atoms with Crippen molar-refractivity contribution >= 4 is 23.5 Å². The molecule has 1 aromatic rings. The number of nitrogens with zero attached hydrogens (tertiary/aromatic N) is 4. The van der Waals surface area contributed by atoms with Crippen LogP contribution in [0.3, 0.4) is 0 Å². The third-order valence-corrected chi connectivity index (χ3v) is 4.66. The van der Waals surface area contributed by atoms with Crippen LogP contribution in [0.1, 0.15) is 18.9 Å². The molecule has 3 aliphatic rings. The monoisotopic (exact) mass is 342 g/mol. The van der Waals surface area contributed by atoms with Crippen LogP contribution < -0.4 is 16.0 Å². The predicted octanol–water partition coefficient (Wildman–Crippen LogP) is 0.202. The van der Waals surface area contributed by atoms with Gasteiger partial charge in [0, 0.05) is 25.2 Å². The number of aliphatic imine (C=N–C) groups is 2. The van der Waals surface area contributed by atoms with Gasteiger partial charge in [-0.25, -0.2) is 9.98 Å². The number of rotatable bonds is 2. The lowest BCUT2D eigenvalue weighted by Gasteiger charge is -2.34. The Bertz CT molecular complexity index is 755. The Balaban J connectivity index is 1.82. The van der Waals surface area contributed by atoms with Crippen LogP contribution in [0.2, 0.25) is 0 Å². The average Bonchev–Trinajstić information content (AvgIpc) is 2.85. The Kier molecular flexibility index (Phi) is 3.84. The van der Waals surface area contributed by atoms with E-state index in [9.17, 15) is 4.79 Å². The van der Waals surface area contributed by atoms with E-state index in [0.29, 0.717) is 38.8 Å². The van der Waals surface area contributed by atoms with Gasteiger partial charge in [0.15, 0.2) is 5.96 Å². The number of amides is 1. The molecule has 1 fully saturated rings. The number of morpholine rings is 1. The molecule has 1 amide bonds. The van der Waals surface area contributed by atoms with Crippen LogP contribution in [0, 0.1) is 0 Å². The van der Waals surface area contributed by atoms with E-state index < -0.39 is 5.66 Å². The number of guanidine groups is 2. The van der Waals surface area contributed by atoms with Crippen molar-refractivity contribution in [2.75, 3.05) is 37.7 Å². The van der Waals surface area contributed by atoms with Crippen molar-refractivity contribution in [2.24, 2.45) is 15.7 Å². The highest BCUT2D eigenvalue weighted by Crippen LogP contribution is 2.44. The van der Waals surface area contributed by atoms with E-state index in [4.69, 9.17) is 15.5 Å². The highest BCUT2D eigenvalue weighted by molar-refractivity contribution is 6.12. The fourth-order valence-electron chi connectivity index (χ4n) is 3.53. The van der Waals surface area contributed by atoms with Crippen LogP contribution in [0.4, 0.5) is 5.69 Å². The molecule has 132 valence electrons. The second kappa shape index (κ2) is 6.03. The van der Waals surface area contributed by atoms with E-state index in [0.717, 1.165) is 17.7 Å². The minimum Gasteiger partial charge on any atom is -0.378 e. The first kappa shape index (κ1) is 15.9. The number of carbonyl (C=O) groups excluding carboxylic acids is 1. The predicted molar refractivity (Wildman–Crippen MR) is 95.3 cm³/mol. The maximum atomic E-state index is 13.3. The standard InChI is InChI=1S/C17H22N6O2/c1-2-7-23-13-6-4-3-5-12(13)17(14(23)24)20-15(18)19-16(21-17)22-8-10-25-11-9-22/h3-6H,2,7-11H2,1H3,(H3,18,19,20,21). The molecule has 0 aromatic heterocycles. The lowest BCUT2D eigenvalue weighted by Crippen LogP contribution is -2.56. The number of benzene rings is 1. The molecule has 1 saturated heterocycles. The van der Waals surface area contributed by atoms with Crippen molar-refractivity contribution in [3.63, 3.8) is 0 Å². The van der Waals surface area contributed by atoms with Gasteiger partial charge in [0.1, 0.15) is 0 Å². The molecular weight excluding hydrogens is 320 g/mol. The Labute approximate surface area is 146 Å². The van der Waals surface area contributed by atoms with Crippen molar-refractivity contribution in [1.82, 2.24) is 10.2 Å².